The van der Waals surface area contributed by atoms with E-state index >= 15 is 0 Å². The largest absolute Gasteiger partial charge is 0.385 e. The fraction of sp³-hybridized carbons (Fsp3) is 0.286. The number of hydrogen-bond donors (Lipinski definition) is 1. The van der Waals surface area contributed by atoms with Gasteiger partial charge in [0.1, 0.15) is 0 Å². The summed E-state index contributed by atoms with van der Waals surface area (Å²) in [6.45, 7) is 5.47. The van der Waals surface area contributed by atoms with Gasteiger partial charge in [-0.1, -0.05) is 52.3 Å². The van der Waals surface area contributed by atoms with Crippen molar-refractivity contribution in [3.05, 3.63) is 53.0 Å². The molecule has 0 radical (unpaired) electrons. The fourth-order valence-corrected chi connectivity index (χ4v) is 1.82. The van der Waals surface area contributed by atoms with Crippen molar-refractivity contribution in [2.24, 2.45) is 0 Å². The third kappa shape index (κ3) is 3.95. The molecule has 0 aliphatic carbocycles. The second-order valence-electron chi connectivity index (χ2n) is 4.00. The van der Waals surface area contributed by atoms with Crippen LogP contribution in [-0.4, -0.2) is 10.7 Å². The summed E-state index contributed by atoms with van der Waals surface area (Å²) >= 11 is 3.44. The third-order valence-corrected chi connectivity index (χ3v) is 3.53. The Morgan fingerprint density at radius 1 is 1.44 bits per heavy atom. The molecule has 0 saturated heterocycles. The summed E-state index contributed by atoms with van der Waals surface area (Å²) in [5, 5.41) is 10.2. The maximum absolute atomic E-state index is 10.2. The van der Waals surface area contributed by atoms with E-state index < -0.39 is 5.60 Å². The summed E-state index contributed by atoms with van der Waals surface area (Å²) in [7, 11) is 0. The van der Waals surface area contributed by atoms with Crippen LogP contribution < -0.4 is 0 Å². The molecule has 0 saturated carbocycles. The average Bonchev–Trinajstić information content (AvgIpc) is 2.28. The van der Waals surface area contributed by atoms with Gasteiger partial charge in [0, 0.05) is 4.48 Å². The fourth-order valence-electron chi connectivity index (χ4n) is 1.35. The lowest BCUT2D eigenvalue weighted by molar-refractivity contribution is 0.101. The molecule has 2 heteroatoms. The molecule has 1 atom stereocenters. The topological polar surface area (TPSA) is 20.2 Å². The highest BCUT2D eigenvalue weighted by Crippen LogP contribution is 2.29. The van der Waals surface area contributed by atoms with E-state index in [2.05, 4.69) is 22.5 Å². The summed E-state index contributed by atoms with van der Waals surface area (Å²) in [5.74, 6) is 0. The Balaban J connectivity index is 2.80. The van der Waals surface area contributed by atoms with Crippen molar-refractivity contribution < 1.29 is 5.11 Å². The van der Waals surface area contributed by atoms with Gasteiger partial charge in [-0.2, -0.15) is 0 Å². The van der Waals surface area contributed by atoms with Crippen LogP contribution >= 0.6 is 15.9 Å². The van der Waals surface area contributed by atoms with E-state index in [1.807, 2.05) is 42.5 Å². The molecule has 1 nitrogen and oxygen atoms in total. The molecule has 16 heavy (non-hydrogen) atoms. The Morgan fingerprint density at radius 2 is 2.06 bits per heavy atom. The lowest BCUT2D eigenvalue weighted by Crippen LogP contribution is -2.23. The normalized spacial score (nSPS) is 15.6. The van der Waals surface area contributed by atoms with Gasteiger partial charge < -0.3 is 5.11 Å². The van der Waals surface area contributed by atoms with E-state index in [-0.39, 0.29) is 0 Å². The van der Waals surface area contributed by atoms with Crippen LogP contribution in [0.15, 0.2) is 47.5 Å². The molecule has 1 aromatic carbocycles. The van der Waals surface area contributed by atoms with Crippen molar-refractivity contribution in [1.29, 1.82) is 0 Å². The van der Waals surface area contributed by atoms with Gasteiger partial charge in [-0.25, -0.2) is 0 Å². The lowest BCUT2D eigenvalue weighted by Gasteiger charge is -2.22. The quantitative estimate of drug-likeness (QED) is 0.804. The number of benzene rings is 1. The molecule has 86 valence electrons. The second kappa shape index (κ2) is 6.02. The summed E-state index contributed by atoms with van der Waals surface area (Å²) in [5.41, 5.74) is 0.248. The van der Waals surface area contributed by atoms with Gasteiger partial charge in [-0.3, -0.25) is 0 Å². The van der Waals surface area contributed by atoms with Crippen molar-refractivity contribution >= 4 is 22.0 Å². The van der Waals surface area contributed by atoms with E-state index in [0.29, 0.717) is 6.42 Å². The SMILES string of the molecule is C=CCC[C@@](C)(O)/C(Br)=C/c1ccccc1. The van der Waals surface area contributed by atoms with Gasteiger partial charge in [0.25, 0.3) is 0 Å². The van der Waals surface area contributed by atoms with E-state index in [9.17, 15) is 5.11 Å². The van der Waals surface area contributed by atoms with Crippen LogP contribution in [0.5, 0.6) is 0 Å². The standard InChI is InChI=1S/C14H17BrO/c1-3-4-10-14(2,16)13(15)11-12-8-6-5-7-9-12/h3,5-9,11,16H,1,4,10H2,2H3/b13-11-/t14-/m1/s1. The van der Waals surface area contributed by atoms with Gasteiger partial charge in [-0.15, -0.1) is 6.58 Å². The Morgan fingerprint density at radius 3 is 2.62 bits per heavy atom. The zero-order valence-electron chi connectivity index (χ0n) is 9.49. The van der Waals surface area contributed by atoms with E-state index in [4.69, 9.17) is 0 Å². The van der Waals surface area contributed by atoms with Crippen molar-refractivity contribution in [3.63, 3.8) is 0 Å². The molecule has 0 bridgehead atoms. The van der Waals surface area contributed by atoms with Crippen molar-refractivity contribution in [1.82, 2.24) is 0 Å². The minimum atomic E-state index is -0.829. The minimum absolute atomic E-state index is 0.667. The summed E-state index contributed by atoms with van der Waals surface area (Å²) in [6, 6.07) is 9.94. The predicted molar refractivity (Wildman–Crippen MR) is 73.4 cm³/mol. The minimum Gasteiger partial charge on any atom is -0.385 e. The summed E-state index contributed by atoms with van der Waals surface area (Å²) < 4.78 is 0.799. The molecular weight excluding hydrogens is 264 g/mol. The zero-order valence-corrected chi connectivity index (χ0v) is 11.1. The molecule has 0 amide bonds. The van der Waals surface area contributed by atoms with E-state index in [1.165, 1.54) is 0 Å². The molecule has 0 aliphatic heterocycles. The number of hydrogen-bond acceptors (Lipinski definition) is 1. The Bertz CT molecular complexity index is 366. The van der Waals surface area contributed by atoms with Crippen molar-refractivity contribution in [2.45, 2.75) is 25.4 Å². The number of halogens is 1. The van der Waals surface area contributed by atoms with Gasteiger partial charge >= 0.3 is 0 Å². The summed E-state index contributed by atoms with van der Waals surface area (Å²) in [6.07, 6.45) is 5.23. The van der Waals surface area contributed by atoms with E-state index in [0.717, 1.165) is 16.5 Å². The van der Waals surface area contributed by atoms with E-state index in [1.54, 1.807) is 6.92 Å². The number of allylic oxidation sites excluding steroid dienone is 1. The smallest absolute Gasteiger partial charge is 0.0935 e. The maximum atomic E-state index is 10.2. The first kappa shape index (κ1) is 13.2. The second-order valence-corrected chi connectivity index (χ2v) is 4.86. The molecule has 0 spiro atoms. The molecule has 0 unspecified atom stereocenters. The molecule has 0 aromatic heterocycles. The van der Waals surface area contributed by atoms with Gasteiger partial charge in [0.2, 0.25) is 0 Å². The summed E-state index contributed by atoms with van der Waals surface area (Å²) in [4.78, 5) is 0. The van der Waals surface area contributed by atoms with Crippen LogP contribution in [0.25, 0.3) is 6.08 Å². The molecule has 1 rings (SSSR count). The highest BCUT2D eigenvalue weighted by Gasteiger charge is 2.22. The van der Waals surface area contributed by atoms with Crippen LogP contribution in [0.2, 0.25) is 0 Å². The molecule has 0 fully saturated rings. The van der Waals surface area contributed by atoms with Crippen LogP contribution in [0.3, 0.4) is 0 Å². The van der Waals surface area contributed by atoms with Gasteiger partial charge in [-0.05, 0) is 31.4 Å². The Hall–Kier alpha value is -0.860. The van der Waals surface area contributed by atoms with Crippen LogP contribution in [-0.2, 0) is 0 Å². The average molecular weight is 281 g/mol. The van der Waals surface area contributed by atoms with Crippen molar-refractivity contribution in [2.75, 3.05) is 0 Å². The van der Waals surface area contributed by atoms with Crippen LogP contribution in [0.4, 0.5) is 0 Å². The number of rotatable bonds is 5. The first-order valence-corrected chi connectivity index (χ1v) is 6.11. The Kier molecular flexibility index (Phi) is 4.97. The zero-order chi connectivity index (χ0) is 12.0. The molecule has 1 aromatic rings. The lowest BCUT2D eigenvalue weighted by atomic mass is 9.98. The van der Waals surface area contributed by atoms with Gasteiger partial charge in [0.05, 0.1) is 5.60 Å². The molecule has 0 aliphatic rings. The third-order valence-electron chi connectivity index (χ3n) is 2.44. The molecule has 0 heterocycles. The predicted octanol–water partition coefficient (Wildman–Crippen LogP) is 4.14. The molecule has 1 N–H and O–H groups in total. The van der Waals surface area contributed by atoms with Crippen LogP contribution in [0.1, 0.15) is 25.3 Å². The first-order chi connectivity index (χ1) is 7.56. The van der Waals surface area contributed by atoms with Crippen LogP contribution in [0, 0.1) is 0 Å². The highest BCUT2D eigenvalue weighted by molar-refractivity contribution is 9.11. The maximum Gasteiger partial charge on any atom is 0.0935 e. The molecular formula is C14H17BrO. The first-order valence-electron chi connectivity index (χ1n) is 5.32. The number of aliphatic hydroxyl groups is 1. The monoisotopic (exact) mass is 280 g/mol. The highest BCUT2D eigenvalue weighted by atomic mass is 79.9. The van der Waals surface area contributed by atoms with Gasteiger partial charge in [0.15, 0.2) is 0 Å². The Labute approximate surface area is 106 Å². The van der Waals surface area contributed by atoms with Crippen molar-refractivity contribution in [3.8, 4) is 0 Å².